The van der Waals surface area contributed by atoms with Crippen LogP contribution in [0.3, 0.4) is 0 Å². The highest BCUT2D eigenvalue weighted by molar-refractivity contribution is 5.87. The molecular formula is C23H30N2O3. The van der Waals surface area contributed by atoms with Crippen LogP contribution >= 0.6 is 0 Å². The van der Waals surface area contributed by atoms with E-state index in [0.717, 1.165) is 34.7 Å². The van der Waals surface area contributed by atoms with Gasteiger partial charge in [0, 0.05) is 23.2 Å². The second-order valence-corrected chi connectivity index (χ2v) is 9.06. The van der Waals surface area contributed by atoms with Gasteiger partial charge in [-0.3, -0.25) is 9.78 Å². The van der Waals surface area contributed by atoms with Gasteiger partial charge in [-0.15, -0.1) is 0 Å². The molecule has 1 aromatic heterocycles. The number of methoxy groups -OCH3 is 1. The first-order valence-electron chi connectivity index (χ1n) is 10.2. The SMILES string of the molecule is COc1ccc2nc(C)cc(OCC(=O)N[C@@H]3C[C@@H]4C[C@H]([C@H]3C)C4(C)C)c2c1. The number of hydrogen-bond acceptors (Lipinski definition) is 4. The van der Waals surface area contributed by atoms with Crippen molar-refractivity contribution < 1.29 is 14.3 Å². The average Bonchev–Trinajstić information content (AvgIpc) is 2.66. The predicted molar refractivity (Wildman–Crippen MR) is 110 cm³/mol. The molecule has 1 amide bonds. The number of hydrogen-bond donors (Lipinski definition) is 1. The lowest BCUT2D eigenvalue weighted by atomic mass is 9.45. The summed E-state index contributed by atoms with van der Waals surface area (Å²) in [6.45, 7) is 8.95. The fourth-order valence-corrected chi connectivity index (χ4v) is 5.28. The van der Waals surface area contributed by atoms with Crippen molar-refractivity contribution in [2.24, 2.45) is 23.2 Å². The first-order chi connectivity index (χ1) is 13.3. The Bertz CT molecular complexity index is 908. The molecule has 3 aliphatic carbocycles. The standard InChI is InChI=1S/C23H30N2O3/c1-13-8-21(17-11-16(27-5)6-7-19(17)24-13)28-12-22(26)25-20-10-15-9-18(14(20)2)23(15,3)4/h6-8,11,14-15,18,20H,9-10,12H2,1-5H3,(H,25,26)/t14-,15+,18-,20-/m1/s1. The van der Waals surface area contributed by atoms with Crippen LogP contribution in [0.15, 0.2) is 24.3 Å². The Kier molecular flexibility index (Phi) is 4.72. The molecule has 5 nitrogen and oxygen atoms in total. The molecule has 5 heteroatoms. The van der Waals surface area contributed by atoms with Gasteiger partial charge in [-0.1, -0.05) is 20.8 Å². The van der Waals surface area contributed by atoms with E-state index in [9.17, 15) is 4.79 Å². The second-order valence-electron chi connectivity index (χ2n) is 9.06. The molecule has 3 fully saturated rings. The molecule has 3 saturated carbocycles. The number of fused-ring (bicyclic) bond motifs is 3. The number of carbonyl (C=O) groups excluding carboxylic acids is 1. The molecule has 3 aliphatic rings. The van der Waals surface area contributed by atoms with Crippen molar-refractivity contribution in [3.05, 3.63) is 30.0 Å². The van der Waals surface area contributed by atoms with Crippen LogP contribution in [-0.2, 0) is 4.79 Å². The minimum absolute atomic E-state index is 0.0116. The summed E-state index contributed by atoms with van der Waals surface area (Å²) in [6, 6.07) is 7.81. The Morgan fingerprint density at radius 1 is 1.29 bits per heavy atom. The van der Waals surface area contributed by atoms with Crippen molar-refractivity contribution in [1.29, 1.82) is 0 Å². The summed E-state index contributed by atoms with van der Waals surface area (Å²) in [4.78, 5) is 17.1. The summed E-state index contributed by atoms with van der Waals surface area (Å²) in [7, 11) is 1.63. The molecule has 28 heavy (non-hydrogen) atoms. The van der Waals surface area contributed by atoms with Gasteiger partial charge in [0.25, 0.3) is 5.91 Å². The summed E-state index contributed by atoms with van der Waals surface area (Å²) in [6.07, 6.45) is 2.38. The van der Waals surface area contributed by atoms with Gasteiger partial charge in [-0.25, -0.2) is 0 Å². The lowest BCUT2D eigenvalue weighted by Gasteiger charge is -2.62. The third kappa shape index (κ3) is 3.21. The zero-order valence-corrected chi connectivity index (χ0v) is 17.4. The van der Waals surface area contributed by atoms with Crippen molar-refractivity contribution in [2.75, 3.05) is 13.7 Å². The van der Waals surface area contributed by atoms with Crippen LogP contribution in [0.4, 0.5) is 0 Å². The number of carbonyl (C=O) groups is 1. The smallest absolute Gasteiger partial charge is 0.258 e. The third-order valence-corrected chi connectivity index (χ3v) is 7.17. The number of amides is 1. The van der Waals surface area contributed by atoms with Crippen LogP contribution in [0, 0.1) is 30.1 Å². The van der Waals surface area contributed by atoms with Crippen molar-refractivity contribution in [2.45, 2.75) is 46.6 Å². The molecule has 1 aromatic carbocycles. The van der Waals surface area contributed by atoms with Crippen molar-refractivity contribution in [3.8, 4) is 11.5 Å². The fraction of sp³-hybridized carbons (Fsp3) is 0.565. The second kappa shape index (κ2) is 6.94. The van der Waals surface area contributed by atoms with E-state index in [0.29, 0.717) is 23.0 Å². The van der Waals surface area contributed by atoms with E-state index < -0.39 is 0 Å². The molecule has 0 spiro atoms. The number of rotatable bonds is 5. The lowest BCUT2D eigenvalue weighted by Crippen LogP contribution is -2.61. The highest BCUT2D eigenvalue weighted by Crippen LogP contribution is 2.61. The molecule has 5 rings (SSSR count). The normalized spacial score (nSPS) is 27.8. The van der Waals surface area contributed by atoms with Gasteiger partial charge in [0.2, 0.25) is 0 Å². The number of pyridine rings is 1. The molecule has 0 radical (unpaired) electrons. The Morgan fingerprint density at radius 3 is 2.75 bits per heavy atom. The van der Waals surface area contributed by atoms with Gasteiger partial charge in [-0.05, 0) is 61.1 Å². The first kappa shape index (κ1) is 19.0. The van der Waals surface area contributed by atoms with Gasteiger partial charge in [0.15, 0.2) is 6.61 Å². The summed E-state index contributed by atoms with van der Waals surface area (Å²) in [5.41, 5.74) is 2.11. The predicted octanol–water partition coefficient (Wildman–Crippen LogP) is 4.12. The van der Waals surface area contributed by atoms with Crippen molar-refractivity contribution in [3.63, 3.8) is 0 Å². The van der Waals surface area contributed by atoms with Crippen LogP contribution in [0.25, 0.3) is 10.9 Å². The van der Waals surface area contributed by atoms with Gasteiger partial charge >= 0.3 is 0 Å². The highest BCUT2D eigenvalue weighted by atomic mass is 16.5. The third-order valence-electron chi connectivity index (χ3n) is 7.17. The van der Waals surface area contributed by atoms with Crippen LogP contribution in [0.5, 0.6) is 11.5 Å². The maximum Gasteiger partial charge on any atom is 0.258 e. The zero-order chi connectivity index (χ0) is 20.1. The quantitative estimate of drug-likeness (QED) is 0.845. The average molecular weight is 383 g/mol. The van der Waals surface area contributed by atoms with Crippen LogP contribution in [-0.4, -0.2) is 30.6 Å². The number of benzene rings is 1. The van der Waals surface area contributed by atoms with E-state index in [-0.39, 0.29) is 18.6 Å². The lowest BCUT2D eigenvalue weighted by molar-refractivity contribution is -0.135. The van der Waals surface area contributed by atoms with E-state index in [1.54, 1.807) is 7.11 Å². The molecule has 1 N–H and O–H groups in total. The summed E-state index contributed by atoms with van der Waals surface area (Å²) in [5, 5.41) is 4.07. The molecule has 1 heterocycles. The molecular weight excluding hydrogens is 352 g/mol. The molecule has 2 bridgehead atoms. The fourth-order valence-electron chi connectivity index (χ4n) is 5.28. The Labute approximate surface area is 166 Å². The maximum absolute atomic E-state index is 12.6. The summed E-state index contributed by atoms with van der Waals surface area (Å²) < 4.78 is 11.2. The van der Waals surface area contributed by atoms with Gasteiger partial charge < -0.3 is 14.8 Å². The van der Waals surface area contributed by atoms with Crippen molar-refractivity contribution >= 4 is 16.8 Å². The van der Waals surface area contributed by atoms with E-state index in [4.69, 9.17) is 9.47 Å². The Balaban J connectivity index is 1.43. The van der Waals surface area contributed by atoms with Gasteiger partial charge in [0.1, 0.15) is 11.5 Å². The molecule has 0 aliphatic heterocycles. The van der Waals surface area contributed by atoms with E-state index >= 15 is 0 Å². The zero-order valence-electron chi connectivity index (χ0n) is 17.4. The topological polar surface area (TPSA) is 60.5 Å². The minimum atomic E-state index is -0.0542. The van der Waals surface area contributed by atoms with E-state index in [1.165, 1.54) is 6.42 Å². The Hall–Kier alpha value is -2.30. The molecule has 4 atom stereocenters. The van der Waals surface area contributed by atoms with Crippen molar-refractivity contribution in [1.82, 2.24) is 10.3 Å². The first-order valence-corrected chi connectivity index (χ1v) is 10.2. The molecule has 0 saturated heterocycles. The molecule has 0 unspecified atom stereocenters. The highest BCUT2D eigenvalue weighted by Gasteiger charge is 2.56. The number of nitrogens with one attached hydrogen (secondary N) is 1. The van der Waals surface area contributed by atoms with Gasteiger partial charge in [0.05, 0.1) is 12.6 Å². The number of ether oxygens (including phenoxy) is 2. The van der Waals surface area contributed by atoms with E-state index in [2.05, 4.69) is 31.1 Å². The Morgan fingerprint density at radius 2 is 2.07 bits per heavy atom. The van der Waals surface area contributed by atoms with Gasteiger partial charge in [-0.2, -0.15) is 0 Å². The maximum atomic E-state index is 12.6. The minimum Gasteiger partial charge on any atom is -0.497 e. The largest absolute Gasteiger partial charge is 0.497 e. The van der Waals surface area contributed by atoms with Crippen LogP contribution < -0.4 is 14.8 Å². The number of aromatic nitrogens is 1. The number of aryl methyl sites for hydroxylation is 1. The van der Waals surface area contributed by atoms with Crippen LogP contribution in [0.2, 0.25) is 0 Å². The molecule has 150 valence electrons. The summed E-state index contributed by atoms with van der Waals surface area (Å²) >= 11 is 0. The number of nitrogens with zero attached hydrogens (tertiary/aromatic N) is 1. The molecule has 2 aromatic rings. The summed E-state index contributed by atoms with van der Waals surface area (Å²) in [5.74, 6) is 3.29. The monoisotopic (exact) mass is 382 g/mol. The van der Waals surface area contributed by atoms with Crippen LogP contribution in [0.1, 0.15) is 39.3 Å². The van der Waals surface area contributed by atoms with E-state index in [1.807, 2.05) is 31.2 Å².